The second kappa shape index (κ2) is 10.3. The first-order valence-corrected chi connectivity index (χ1v) is 8.86. The molecule has 8 nitrogen and oxygen atoms in total. The number of amides is 1. The number of aromatic nitrogens is 3. The summed E-state index contributed by atoms with van der Waals surface area (Å²) in [6, 6.07) is 5.78. The zero-order valence-electron chi connectivity index (χ0n) is 15.0. The van der Waals surface area contributed by atoms with E-state index in [1.807, 2.05) is 40.6 Å². The van der Waals surface area contributed by atoms with Gasteiger partial charge < -0.3 is 15.5 Å². The van der Waals surface area contributed by atoms with Gasteiger partial charge in [0.2, 0.25) is 5.91 Å². The molecule has 2 aromatic heterocycles. The van der Waals surface area contributed by atoms with Crippen LogP contribution in [0.15, 0.2) is 29.4 Å². The summed E-state index contributed by atoms with van der Waals surface area (Å²) >= 11 is 0. The van der Waals surface area contributed by atoms with E-state index >= 15 is 0 Å². The lowest BCUT2D eigenvalue weighted by Gasteiger charge is -2.16. The fourth-order valence-corrected chi connectivity index (χ4v) is 2.90. The van der Waals surface area contributed by atoms with Crippen molar-refractivity contribution >= 4 is 41.5 Å². The summed E-state index contributed by atoms with van der Waals surface area (Å²) in [5, 5.41) is 14.7. The third-order valence-corrected chi connectivity index (χ3v) is 4.20. The molecule has 0 atom stereocenters. The number of hydrogen-bond acceptors (Lipinski definition) is 4. The number of carbonyl (C=O) groups is 1. The highest BCUT2D eigenvalue weighted by Gasteiger charge is 2.17. The Morgan fingerprint density at radius 1 is 1.23 bits per heavy atom. The van der Waals surface area contributed by atoms with E-state index in [0.29, 0.717) is 25.5 Å². The fourth-order valence-electron chi connectivity index (χ4n) is 2.90. The van der Waals surface area contributed by atoms with E-state index in [1.165, 1.54) is 0 Å². The lowest BCUT2D eigenvalue weighted by molar-refractivity contribution is -0.129. The molecular formula is C17H26IN7O. The standard InChI is InChI=1S/C17H25N7O.HI/c1-2-18-17(19-9-8-16(25)23-10-5-6-11-23)20-13-15-22-21-14-7-3-4-12-24(14)15;/h3-4,7,12H,2,5-6,8-11,13H2,1H3,(H2,18,19,20);1H. The highest BCUT2D eigenvalue weighted by Crippen LogP contribution is 2.08. The van der Waals surface area contributed by atoms with Crippen molar-refractivity contribution < 1.29 is 4.79 Å². The van der Waals surface area contributed by atoms with Crippen molar-refractivity contribution in [3.8, 4) is 0 Å². The Morgan fingerprint density at radius 2 is 2.04 bits per heavy atom. The van der Waals surface area contributed by atoms with Crippen LogP contribution in [0.3, 0.4) is 0 Å². The van der Waals surface area contributed by atoms with Gasteiger partial charge in [-0.25, -0.2) is 4.99 Å². The van der Waals surface area contributed by atoms with Crippen LogP contribution < -0.4 is 10.6 Å². The molecule has 1 aliphatic heterocycles. The van der Waals surface area contributed by atoms with Crippen LogP contribution in [0.5, 0.6) is 0 Å². The normalized spacial score (nSPS) is 14.3. The summed E-state index contributed by atoms with van der Waals surface area (Å²) in [7, 11) is 0. The maximum absolute atomic E-state index is 12.1. The second-order valence-corrected chi connectivity index (χ2v) is 6.00. The van der Waals surface area contributed by atoms with E-state index in [-0.39, 0.29) is 29.9 Å². The molecule has 26 heavy (non-hydrogen) atoms. The highest BCUT2D eigenvalue weighted by atomic mass is 127. The van der Waals surface area contributed by atoms with Gasteiger partial charge in [-0.05, 0) is 31.9 Å². The molecule has 1 aliphatic rings. The molecule has 0 unspecified atom stereocenters. The van der Waals surface area contributed by atoms with Gasteiger partial charge in [0.15, 0.2) is 17.4 Å². The van der Waals surface area contributed by atoms with Crippen molar-refractivity contribution in [1.29, 1.82) is 0 Å². The second-order valence-electron chi connectivity index (χ2n) is 6.00. The molecule has 1 fully saturated rings. The lowest BCUT2D eigenvalue weighted by Crippen LogP contribution is -2.39. The van der Waals surface area contributed by atoms with Crippen LogP contribution in [0.25, 0.3) is 5.65 Å². The summed E-state index contributed by atoms with van der Waals surface area (Å²) in [6.45, 7) is 5.55. The van der Waals surface area contributed by atoms with Crippen LogP contribution in [-0.2, 0) is 11.3 Å². The van der Waals surface area contributed by atoms with Gasteiger partial charge in [0.1, 0.15) is 6.54 Å². The number of nitrogens with zero attached hydrogens (tertiary/aromatic N) is 5. The van der Waals surface area contributed by atoms with Crippen molar-refractivity contribution in [2.24, 2.45) is 4.99 Å². The number of nitrogens with one attached hydrogen (secondary N) is 2. The minimum Gasteiger partial charge on any atom is -0.357 e. The Balaban J connectivity index is 0.00000243. The van der Waals surface area contributed by atoms with Crippen molar-refractivity contribution in [2.75, 3.05) is 26.2 Å². The molecule has 3 rings (SSSR count). The molecule has 142 valence electrons. The largest absolute Gasteiger partial charge is 0.357 e. The lowest BCUT2D eigenvalue weighted by atomic mass is 10.3. The molecule has 0 saturated carbocycles. The number of rotatable bonds is 6. The average Bonchev–Trinajstić information content (AvgIpc) is 3.29. The fraction of sp³-hybridized carbons (Fsp3) is 0.529. The third-order valence-electron chi connectivity index (χ3n) is 4.20. The summed E-state index contributed by atoms with van der Waals surface area (Å²) in [4.78, 5) is 18.6. The Kier molecular flexibility index (Phi) is 8.07. The molecule has 0 aliphatic carbocycles. The van der Waals surface area contributed by atoms with Crippen LogP contribution in [0.4, 0.5) is 0 Å². The summed E-state index contributed by atoms with van der Waals surface area (Å²) < 4.78 is 1.92. The Labute approximate surface area is 170 Å². The zero-order chi connectivity index (χ0) is 17.5. The van der Waals surface area contributed by atoms with Gasteiger partial charge >= 0.3 is 0 Å². The van der Waals surface area contributed by atoms with Gasteiger partial charge in [-0.2, -0.15) is 0 Å². The first-order chi connectivity index (χ1) is 12.3. The zero-order valence-corrected chi connectivity index (χ0v) is 17.3. The van der Waals surface area contributed by atoms with Crippen molar-refractivity contribution in [1.82, 2.24) is 30.1 Å². The van der Waals surface area contributed by atoms with Crippen LogP contribution in [-0.4, -0.2) is 57.5 Å². The predicted molar refractivity (Wildman–Crippen MR) is 112 cm³/mol. The number of likely N-dealkylation sites (tertiary alicyclic amines) is 1. The molecule has 3 heterocycles. The van der Waals surface area contributed by atoms with Crippen molar-refractivity contribution in [2.45, 2.75) is 32.7 Å². The number of carbonyl (C=O) groups excluding carboxylic acids is 1. The maximum Gasteiger partial charge on any atom is 0.224 e. The van der Waals surface area contributed by atoms with E-state index < -0.39 is 0 Å². The number of halogens is 1. The molecule has 0 bridgehead atoms. The highest BCUT2D eigenvalue weighted by molar-refractivity contribution is 14.0. The predicted octanol–water partition coefficient (Wildman–Crippen LogP) is 1.41. The molecule has 2 N–H and O–H groups in total. The SMILES string of the molecule is CCNC(=NCc1nnc2ccccn12)NCCC(=O)N1CCCC1.I. The molecule has 1 saturated heterocycles. The van der Waals surface area contributed by atoms with Gasteiger partial charge in [0.05, 0.1) is 0 Å². The minimum absolute atomic E-state index is 0. The molecule has 1 amide bonds. The first kappa shape index (κ1) is 20.4. The van der Waals surface area contributed by atoms with E-state index in [1.54, 1.807) is 0 Å². The Morgan fingerprint density at radius 3 is 2.81 bits per heavy atom. The number of hydrogen-bond donors (Lipinski definition) is 2. The average molecular weight is 471 g/mol. The Hall–Kier alpha value is -1.91. The number of fused-ring (bicyclic) bond motifs is 1. The summed E-state index contributed by atoms with van der Waals surface area (Å²) in [6.07, 6.45) is 4.65. The summed E-state index contributed by atoms with van der Waals surface area (Å²) in [5.74, 6) is 1.68. The van der Waals surface area contributed by atoms with Gasteiger partial charge in [-0.1, -0.05) is 6.07 Å². The molecule has 0 radical (unpaired) electrons. The summed E-state index contributed by atoms with van der Waals surface area (Å²) in [5.41, 5.74) is 0.807. The van der Waals surface area contributed by atoms with E-state index in [0.717, 1.165) is 43.9 Å². The third kappa shape index (κ3) is 5.29. The molecule has 0 aromatic carbocycles. The van der Waals surface area contributed by atoms with Crippen molar-refractivity contribution in [3.05, 3.63) is 30.2 Å². The number of guanidine groups is 1. The van der Waals surface area contributed by atoms with Crippen LogP contribution in [0, 0.1) is 0 Å². The van der Waals surface area contributed by atoms with E-state index in [4.69, 9.17) is 0 Å². The Bertz CT molecular complexity index is 740. The molecule has 0 spiro atoms. The van der Waals surface area contributed by atoms with Crippen LogP contribution in [0.1, 0.15) is 32.0 Å². The van der Waals surface area contributed by atoms with Crippen LogP contribution in [0.2, 0.25) is 0 Å². The minimum atomic E-state index is 0. The quantitative estimate of drug-likeness (QED) is 0.378. The number of pyridine rings is 1. The van der Waals surface area contributed by atoms with Gasteiger partial charge in [0, 0.05) is 38.8 Å². The van der Waals surface area contributed by atoms with E-state index in [2.05, 4.69) is 25.8 Å². The topological polar surface area (TPSA) is 86.9 Å². The first-order valence-electron chi connectivity index (χ1n) is 8.86. The smallest absolute Gasteiger partial charge is 0.224 e. The molecular weight excluding hydrogens is 445 g/mol. The number of aliphatic imine (C=N–C) groups is 1. The molecule has 2 aromatic rings. The maximum atomic E-state index is 12.1. The van der Waals surface area contributed by atoms with Gasteiger partial charge in [-0.15, -0.1) is 34.2 Å². The van der Waals surface area contributed by atoms with Crippen LogP contribution >= 0.6 is 24.0 Å². The van der Waals surface area contributed by atoms with Crippen molar-refractivity contribution in [3.63, 3.8) is 0 Å². The van der Waals surface area contributed by atoms with Gasteiger partial charge in [-0.3, -0.25) is 9.20 Å². The van der Waals surface area contributed by atoms with Gasteiger partial charge in [0.25, 0.3) is 0 Å². The molecule has 9 heteroatoms. The monoisotopic (exact) mass is 471 g/mol. The van der Waals surface area contributed by atoms with E-state index in [9.17, 15) is 4.79 Å².